The van der Waals surface area contributed by atoms with E-state index < -0.39 is 11.8 Å². The molecular weight excluding hydrogens is 460 g/mol. The molecule has 2 aliphatic carbocycles. The molecule has 0 aliphatic heterocycles. The molecule has 0 spiro atoms. The van der Waals surface area contributed by atoms with E-state index in [0.717, 1.165) is 81.8 Å². The second-order valence-corrected chi connectivity index (χ2v) is 11.1. The highest BCUT2D eigenvalue weighted by molar-refractivity contribution is 5.86. The molecule has 2 aliphatic rings. The van der Waals surface area contributed by atoms with Crippen LogP contribution in [-0.4, -0.2) is 11.9 Å². The van der Waals surface area contributed by atoms with Gasteiger partial charge in [-0.3, -0.25) is 9.59 Å². The molecule has 2 bridgehead atoms. The molecule has 37 heavy (non-hydrogen) atoms. The van der Waals surface area contributed by atoms with Gasteiger partial charge < -0.3 is 9.47 Å². The van der Waals surface area contributed by atoms with Crippen molar-refractivity contribution in [2.45, 2.75) is 98.3 Å². The minimum atomic E-state index is -0.426. The largest absolute Gasteiger partial charge is 0.426 e. The van der Waals surface area contributed by atoms with Crippen molar-refractivity contribution in [2.75, 3.05) is 0 Å². The van der Waals surface area contributed by atoms with Gasteiger partial charge in [0.05, 0.1) is 11.8 Å². The smallest absolute Gasteiger partial charge is 0.315 e. The maximum absolute atomic E-state index is 13.6. The molecule has 200 valence electrons. The van der Waals surface area contributed by atoms with Crippen LogP contribution >= 0.6 is 0 Å². The summed E-state index contributed by atoms with van der Waals surface area (Å²) < 4.78 is 12.1. The minimum absolute atomic E-state index is 0.200. The topological polar surface area (TPSA) is 52.6 Å². The van der Waals surface area contributed by atoms with Crippen molar-refractivity contribution in [3.8, 4) is 11.5 Å². The Morgan fingerprint density at radius 3 is 1.43 bits per heavy atom. The first-order valence-electron chi connectivity index (χ1n) is 14.7. The van der Waals surface area contributed by atoms with Crippen molar-refractivity contribution in [1.29, 1.82) is 0 Å². The van der Waals surface area contributed by atoms with Gasteiger partial charge in [0, 0.05) is 0 Å². The summed E-state index contributed by atoms with van der Waals surface area (Å²) in [5.41, 5.74) is 4.72. The quantitative estimate of drug-likeness (QED) is 0.220. The van der Waals surface area contributed by atoms with Crippen LogP contribution in [0.1, 0.15) is 94.9 Å². The monoisotopic (exact) mass is 504 g/mol. The van der Waals surface area contributed by atoms with Gasteiger partial charge in [-0.15, -0.1) is 0 Å². The zero-order valence-electron chi connectivity index (χ0n) is 23.2. The molecule has 4 unspecified atom stereocenters. The van der Waals surface area contributed by atoms with E-state index in [1.165, 1.54) is 11.1 Å². The second kappa shape index (κ2) is 12.8. The Balaban J connectivity index is 1.53. The van der Waals surface area contributed by atoms with E-state index in [-0.39, 0.29) is 23.8 Å². The van der Waals surface area contributed by atoms with Crippen molar-refractivity contribution >= 4 is 11.9 Å². The van der Waals surface area contributed by atoms with Crippen LogP contribution < -0.4 is 9.47 Å². The van der Waals surface area contributed by atoms with E-state index in [1.807, 2.05) is 12.1 Å². The van der Waals surface area contributed by atoms with Crippen LogP contribution in [0, 0.1) is 23.7 Å². The molecule has 4 nitrogen and oxygen atoms in total. The molecule has 4 rings (SSSR count). The molecule has 4 atom stereocenters. The summed E-state index contributed by atoms with van der Waals surface area (Å²) in [6, 6.07) is 12.4. The lowest BCUT2D eigenvalue weighted by Crippen LogP contribution is -2.39. The highest BCUT2D eigenvalue weighted by Crippen LogP contribution is 2.53. The summed E-state index contributed by atoms with van der Waals surface area (Å²) in [4.78, 5) is 27.2. The van der Waals surface area contributed by atoms with E-state index in [1.54, 1.807) is 0 Å². The van der Waals surface area contributed by atoms with Crippen LogP contribution in [0.4, 0.5) is 0 Å². The fraction of sp³-hybridized carbons (Fsp3) is 0.576. The standard InChI is InChI=1S/C33H44O4/c1-5-9-22-13-17-28(24(19-22)11-7-3)36-32(34)30-26-15-16-27(21-26)31(30)33(35)37-29-18-14-23(10-6-2)20-25(29)12-8-4/h13-14,17-20,26-27,30-31H,5-12,15-16,21H2,1-4H3. The van der Waals surface area contributed by atoms with Crippen molar-refractivity contribution in [3.05, 3.63) is 58.7 Å². The molecule has 0 radical (unpaired) electrons. The Hall–Kier alpha value is -2.62. The van der Waals surface area contributed by atoms with E-state index in [4.69, 9.17) is 9.47 Å². The Morgan fingerprint density at radius 1 is 0.649 bits per heavy atom. The Kier molecular flexibility index (Phi) is 9.45. The molecular formula is C33H44O4. The van der Waals surface area contributed by atoms with E-state index >= 15 is 0 Å². The van der Waals surface area contributed by atoms with Crippen molar-refractivity contribution in [3.63, 3.8) is 0 Å². The van der Waals surface area contributed by atoms with Gasteiger partial charge in [-0.1, -0.05) is 77.6 Å². The molecule has 2 fully saturated rings. The lowest BCUT2D eigenvalue weighted by molar-refractivity contribution is -0.153. The molecule has 0 aromatic heterocycles. The number of hydrogen-bond acceptors (Lipinski definition) is 4. The second-order valence-electron chi connectivity index (χ2n) is 11.1. The van der Waals surface area contributed by atoms with Crippen LogP contribution in [0.3, 0.4) is 0 Å². The van der Waals surface area contributed by atoms with Gasteiger partial charge in [-0.25, -0.2) is 0 Å². The number of hydrogen-bond donors (Lipinski definition) is 0. The molecule has 0 amide bonds. The summed E-state index contributed by atoms with van der Waals surface area (Å²) in [6.45, 7) is 8.63. The van der Waals surface area contributed by atoms with Gasteiger partial charge in [0.2, 0.25) is 0 Å². The third kappa shape index (κ3) is 6.27. The summed E-state index contributed by atoms with van der Waals surface area (Å²) in [5, 5.41) is 0. The number of ether oxygens (including phenoxy) is 2. The van der Waals surface area contributed by atoms with Gasteiger partial charge in [-0.2, -0.15) is 0 Å². The van der Waals surface area contributed by atoms with E-state index in [9.17, 15) is 9.59 Å². The fourth-order valence-corrected chi connectivity index (χ4v) is 6.60. The third-order valence-electron chi connectivity index (χ3n) is 8.25. The van der Waals surface area contributed by atoms with E-state index in [0.29, 0.717) is 11.5 Å². The van der Waals surface area contributed by atoms with Crippen LogP contribution in [0.5, 0.6) is 11.5 Å². The normalized spacial score (nSPS) is 22.3. The molecule has 2 saturated carbocycles. The number of rotatable bonds is 12. The number of fused-ring (bicyclic) bond motifs is 2. The van der Waals surface area contributed by atoms with Crippen molar-refractivity contribution in [1.82, 2.24) is 0 Å². The van der Waals surface area contributed by atoms with E-state index in [2.05, 4.69) is 52.0 Å². The van der Waals surface area contributed by atoms with Crippen LogP contribution in [0.25, 0.3) is 0 Å². The number of aryl methyl sites for hydroxylation is 4. The predicted molar refractivity (Wildman–Crippen MR) is 148 cm³/mol. The number of benzene rings is 2. The minimum Gasteiger partial charge on any atom is -0.426 e. The van der Waals surface area contributed by atoms with Crippen LogP contribution in [0.2, 0.25) is 0 Å². The van der Waals surface area contributed by atoms with Gasteiger partial charge in [-0.05, 0) is 91.2 Å². The average Bonchev–Trinajstić information content (AvgIpc) is 3.50. The molecule has 0 N–H and O–H groups in total. The number of carbonyl (C=O) groups excluding carboxylic acids is 2. The van der Waals surface area contributed by atoms with Crippen molar-refractivity contribution in [2.24, 2.45) is 23.7 Å². The van der Waals surface area contributed by atoms with Crippen molar-refractivity contribution < 1.29 is 19.1 Å². The Labute approximate surface area is 223 Å². The first kappa shape index (κ1) is 27.4. The van der Waals surface area contributed by atoms with Crippen LogP contribution in [-0.2, 0) is 35.3 Å². The van der Waals surface area contributed by atoms with Gasteiger partial charge >= 0.3 is 11.9 Å². The molecule has 0 saturated heterocycles. The maximum atomic E-state index is 13.6. The summed E-state index contributed by atoms with van der Waals surface area (Å²) in [6.07, 6.45) is 10.8. The Bertz CT molecular complexity index is 1000. The predicted octanol–water partition coefficient (Wildman–Crippen LogP) is 7.67. The highest BCUT2D eigenvalue weighted by Gasteiger charge is 2.55. The maximum Gasteiger partial charge on any atom is 0.315 e. The molecule has 2 aromatic rings. The number of carbonyl (C=O) groups is 2. The van der Waals surface area contributed by atoms with Gasteiger partial charge in [0.15, 0.2) is 0 Å². The number of esters is 2. The zero-order chi connectivity index (χ0) is 26.4. The van der Waals surface area contributed by atoms with Gasteiger partial charge in [0.1, 0.15) is 11.5 Å². The van der Waals surface area contributed by atoms with Gasteiger partial charge in [0.25, 0.3) is 0 Å². The highest BCUT2D eigenvalue weighted by atomic mass is 16.5. The molecule has 4 heteroatoms. The lowest BCUT2D eigenvalue weighted by Gasteiger charge is -2.28. The Morgan fingerprint density at radius 2 is 1.05 bits per heavy atom. The summed E-state index contributed by atoms with van der Waals surface area (Å²) >= 11 is 0. The summed E-state index contributed by atoms with van der Waals surface area (Å²) in [7, 11) is 0. The first-order valence-corrected chi connectivity index (χ1v) is 14.7. The molecule has 2 aromatic carbocycles. The van der Waals surface area contributed by atoms with Crippen LogP contribution in [0.15, 0.2) is 36.4 Å². The average molecular weight is 505 g/mol. The SMILES string of the molecule is CCCc1ccc(OC(=O)C2C3CCC(C3)C2C(=O)Oc2ccc(CCC)cc2CCC)c(CCC)c1. The lowest BCUT2D eigenvalue weighted by atomic mass is 9.79. The first-order chi connectivity index (χ1) is 18.0. The summed E-state index contributed by atoms with van der Waals surface area (Å²) in [5.74, 6) is 0.326. The fourth-order valence-electron chi connectivity index (χ4n) is 6.60. The zero-order valence-corrected chi connectivity index (χ0v) is 23.2. The third-order valence-corrected chi connectivity index (χ3v) is 8.25. The molecule has 0 heterocycles.